The molecule has 0 aliphatic rings. The lowest BCUT2D eigenvalue weighted by Crippen LogP contribution is -2.17. The molecule has 0 aliphatic heterocycles. The van der Waals surface area contributed by atoms with E-state index >= 15 is 0 Å². The van der Waals surface area contributed by atoms with Gasteiger partial charge in [0.2, 0.25) is 0 Å². The van der Waals surface area contributed by atoms with Gasteiger partial charge in [0.1, 0.15) is 11.4 Å². The van der Waals surface area contributed by atoms with Crippen LogP contribution in [0.3, 0.4) is 0 Å². The summed E-state index contributed by atoms with van der Waals surface area (Å²) in [5.74, 6) is -1.09. The Kier molecular flexibility index (Phi) is 4.69. The number of esters is 1. The number of ether oxygens (including phenoxy) is 2. The van der Waals surface area contributed by atoms with Crippen LogP contribution in [0.25, 0.3) is 11.3 Å². The Bertz CT molecular complexity index is 688. The number of carbonyl (C=O) groups excluding carboxylic acids is 1. The number of nitrogens with zero attached hydrogens (tertiary/aromatic N) is 2. The number of H-pyrrole nitrogens is 1. The molecule has 0 bridgehead atoms. The standard InChI is InChI=1S/C12H9BrF3N3O3/c1-2-21-11(20)10-9(17-19-18-10)7-4-3-6(5-8(7)13)22-12(14,15)16/h3-5H,2H2,1H3,(H,17,18,19). The van der Waals surface area contributed by atoms with E-state index in [0.29, 0.717) is 5.56 Å². The minimum absolute atomic E-state index is 0.0629. The monoisotopic (exact) mass is 379 g/mol. The summed E-state index contributed by atoms with van der Waals surface area (Å²) >= 11 is 3.12. The van der Waals surface area contributed by atoms with E-state index in [2.05, 4.69) is 36.1 Å². The van der Waals surface area contributed by atoms with Crippen molar-refractivity contribution in [3.63, 3.8) is 0 Å². The first-order valence-electron chi connectivity index (χ1n) is 5.95. The van der Waals surface area contributed by atoms with Crippen molar-refractivity contribution in [3.05, 3.63) is 28.4 Å². The second-order valence-electron chi connectivity index (χ2n) is 3.93. The molecule has 0 saturated carbocycles. The number of carbonyl (C=O) groups is 1. The van der Waals surface area contributed by atoms with Gasteiger partial charge in [-0.3, -0.25) is 0 Å². The van der Waals surface area contributed by atoms with Crippen LogP contribution in [0.15, 0.2) is 22.7 Å². The minimum Gasteiger partial charge on any atom is -0.461 e. The van der Waals surface area contributed by atoms with E-state index in [4.69, 9.17) is 4.74 Å². The maximum Gasteiger partial charge on any atom is 0.573 e. The van der Waals surface area contributed by atoms with Crippen LogP contribution >= 0.6 is 15.9 Å². The summed E-state index contributed by atoms with van der Waals surface area (Å²) in [5.41, 5.74) is 0.460. The average Bonchev–Trinajstić information content (AvgIpc) is 2.86. The summed E-state index contributed by atoms with van der Waals surface area (Å²) in [4.78, 5) is 11.7. The van der Waals surface area contributed by atoms with Gasteiger partial charge in [-0.05, 0) is 41.1 Å². The van der Waals surface area contributed by atoms with Crippen LogP contribution in [-0.2, 0) is 4.74 Å². The zero-order valence-corrected chi connectivity index (χ0v) is 12.7. The molecule has 1 heterocycles. The summed E-state index contributed by atoms with van der Waals surface area (Å²) in [6.07, 6.45) is -4.79. The first kappa shape index (κ1) is 16.3. The molecule has 0 amide bonds. The Morgan fingerprint density at radius 3 is 2.68 bits per heavy atom. The van der Waals surface area contributed by atoms with Crippen LogP contribution in [-0.4, -0.2) is 34.3 Å². The number of rotatable bonds is 4. The third-order valence-corrected chi connectivity index (χ3v) is 3.10. The molecule has 0 radical (unpaired) electrons. The van der Waals surface area contributed by atoms with Gasteiger partial charge in [0.25, 0.3) is 0 Å². The van der Waals surface area contributed by atoms with Gasteiger partial charge in [-0.15, -0.1) is 18.3 Å². The van der Waals surface area contributed by atoms with Gasteiger partial charge in [0.15, 0.2) is 5.69 Å². The molecular formula is C12H9BrF3N3O3. The van der Waals surface area contributed by atoms with Gasteiger partial charge in [-0.1, -0.05) is 0 Å². The maximum absolute atomic E-state index is 12.2. The summed E-state index contributed by atoms with van der Waals surface area (Å²) in [5, 5.41) is 9.80. The molecule has 6 nitrogen and oxygen atoms in total. The van der Waals surface area contributed by atoms with Gasteiger partial charge in [-0.25, -0.2) is 4.79 Å². The van der Waals surface area contributed by atoms with Crippen molar-refractivity contribution in [2.24, 2.45) is 0 Å². The van der Waals surface area contributed by atoms with Crippen molar-refractivity contribution in [2.75, 3.05) is 6.61 Å². The first-order chi connectivity index (χ1) is 10.3. The number of nitrogens with one attached hydrogen (secondary N) is 1. The first-order valence-corrected chi connectivity index (χ1v) is 6.74. The van der Waals surface area contributed by atoms with E-state index in [-0.39, 0.29) is 22.5 Å². The number of hydrogen-bond donors (Lipinski definition) is 1. The zero-order chi connectivity index (χ0) is 16.3. The summed E-state index contributed by atoms with van der Waals surface area (Å²) in [6, 6.07) is 3.55. The van der Waals surface area contributed by atoms with Crippen molar-refractivity contribution < 1.29 is 27.4 Å². The van der Waals surface area contributed by atoms with Gasteiger partial charge in [0.05, 0.1) is 6.61 Å². The average molecular weight is 380 g/mol. The van der Waals surface area contributed by atoms with Crippen molar-refractivity contribution in [3.8, 4) is 17.0 Å². The van der Waals surface area contributed by atoms with Gasteiger partial charge in [-0.2, -0.15) is 10.3 Å². The lowest BCUT2D eigenvalue weighted by atomic mass is 10.1. The Morgan fingerprint density at radius 1 is 1.36 bits per heavy atom. The van der Waals surface area contributed by atoms with Gasteiger partial charge in [0, 0.05) is 10.0 Å². The van der Waals surface area contributed by atoms with Crippen LogP contribution < -0.4 is 4.74 Å². The predicted octanol–water partition coefficient (Wildman–Crippen LogP) is 3.31. The van der Waals surface area contributed by atoms with E-state index < -0.39 is 18.1 Å². The number of halogens is 4. The SMILES string of the molecule is CCOC(=O)c1n[nH]nc1-c1ccc(OC(F)(F)F)cc1Br. The minimum atomic E-state index is -4.79. The number of benzene rings is 1. The summed E-state index contributed by atoms with van der Waals surface area (Å²) < 4.78 is 45.4. The highest BCUT2D eigenvalue weighted by Gasteiger charge is 2.31. The molecule has 2 aromatic rings. The van der Waals surface area contributed by atoms with Crippen molar-refractivity contribution in [1.82, 2.24) is 15.4 Å². The summed E-state index contributed by atoms with van der Waals surface area (Å²) in [6.45, 7) is 1.79. The smallest absolute Gasteiger partial charge is 0.461 e. The third kappa shape index (κ3) is 3.75. The number of hydrogen-bond acceptors (Lipinski definition) is 5. The van der Waals surface area contributed by atoms with Crippen LogP contribution in [0.5, 0.6) is 5.75 Å². The lowest BCUT2D eigenvalue weighted by molar-refractivity contribution is -0.274. The Morgan fingerprint density at radius 2 is 2.09 bits per heavy atom. The molecule has 0 atom stereocenters. The van der Waals surface area contributed by atoms with Crippen LogP contribution in [0, 0.1) is 0 Å². The molecule has 0 spiro atoms. The Balaban J connectivity index is 2.35. The van der Waals surface area contributed by atoms with E-state index in [1.54, 1.807) is 6.92 Å². The second-order valence-corrected chi connectivity index (χ2v) is 4.79. The number of aromatic amines is 1. The molecule has 1 aromatic carbocycles. The topological polar surface area (TPSA) is 77.1 Å². The third-order valence-electron chi connectivity index (χ3n) is 2.45. The number of aromatic nitrogens is 3. The molecule has 0 aliphatic carbocycles. The van der Waals surface area contributed by atoms with E-state index in [9.17, 15) is 18.0 Å². The highest BCUT2D eigenvalue weighted by Crippen LogP contribution is 2.33. The highest BCUT2D eigenvalue weighted by atomic mass is 79.9. The molecule has 0 fully saturated rings. The molecule has 10 heteroatoms. The van der Waals surface area contributed by atoms with Crippen LogP contribution in [0.1, 0.15) is 17.4 Å². The normalized spacial score (nSPS) is 11.3. The van der Waals surface area contributed by atoms with Crippen molar-refractivity contribution in [2.45, 2.75) is 13.3 Å². The van der Waals surface area contributed by atoms with Crippen LogP contribution in [0.4, 0.5) is 13.2 Å². The Labute approximate surface area is 130 Å². The van der Waals surface area contributed by atoms with E-state index in [0.717, 1.165) is 12.1 Å². The molecule has 118 valence electrons. The summed E-state index contributed by atoms with van der Waals surface area (Å²) in [7, 11) is 0. The maximum atomic E-state index is 12.2. The fourth-order valence-corrected chi connectivity index (χ4v) is 2.19. The molecule has 1 aromatic heterocycles. The van der Waals surface area contributed by atoms with Crippen molar-refractivity contribution >= 4 is 21.9 Å². The van der Waals surface area contributed by atoms with Gasteiger partial charge < -0.3 is 9.47 Å². The van der Waals surface area contributed by atoms with Gasteiger partial charge >= 0.3 is 12.3 Å². The molecule has 2 rings (SSSR count). The Hall–Kier alpha value is -2.10. The molecule has 0 saturated heterocycles. The largest absolute Gasteiger partial charge is 0.573 e. The van der Waals surface area contributed by atoms with E-state index in [1.807, 2.05) is 0 Å². The fourth-order valence-electron chi connectivity index (χ4n) is 1.65. The fraction of sp³-hybridized carbons (Fsp3) is 0.250. The number of alkyl halides is 3. The zero-order valence-electron chi connectivity index (χ0n) is 11.1. The van der Waals surface area contributed by atoms with E-state index in [1.165, 1.54) is 6.07 Å². The van der Waals surface area contributed by atoms with Crippen LogP contribution in [0.2, 0.25) is 0 Å². The predicted molar refractivity (Wildman–Crippen MR) is 72.2 cm³/mol. The lowest BCUT2D eigenvalue weighted by Gasteiger charge is -2.10. The molecule has 1 N–H and O–H groups in total. The molecule has 0 unspecified atom stereocenters. The second kappa shape index (κ2) is 6.34. The molecular weight excluding hydrogens is 371 g/mol. The highest BCUT2D eigenvalue weighted by molar-refractivity contribution is 9.10. The molecule has 22 heavy (non-hydrogen) atoms. The van der Waals surface area contributed by atoms with Crippen molar-refractivity contribution in [1.29, 1.82) is 0 Å². The quantitative estimate of drug-likeness (QED) is 0.824.